The molecule has 0 spiro atoms. The van der Waals surface area contributed by atoms with E-state index in [0.717, 1.165) is 22.4 Å². The van der Waals surface area contributed by atoms with Crippen LogP contribution in [0.1, 0.15) is 75.3 Å². The van der Waals surface area contributed by atoms with Crippen LogP contribution in [0.5, 0.6) is 0 Å². The van der Waals surface area contributed by atoms with Crippen LogP contribution in [0.3, 0.4) is 0 Å². The van der Waals surface area contributed by atoms with Gasteiger partial charge >= 0.3 is 0 Å². The minimum atomic E-state index is -0.102. The van der Waals surface area contributed by atoms with Crippen LogP contribution < -0.4 is 5.84 Å². The Morgan fingerprint density at radius 3 is 2.65 bits per heavy atom. The summed E-state index contributed by atoms with van der Waals surface area (Å²) in [5, 5.41) is 12.7. The second-order valence-corrected chi connectivity index (χ2v) is 9.06. The third-order valence-electron chi connectivity index (χ3n) is 4.21. The van der Waals surface area contributed by atoms with Crippen molar-refractivity contribution in [1.82, 2.24) is 19.9 Å². The molecule has 23 heavy (non-hydrogen) atoms. The summed E-state index contributed by atoms with van der Waals surface area (Å²) in [5.41, 5.74) is 1.02. The summed E-state index contributed by atoms with van der Waals surface area (Å²) in [7, 11) is 0. The Kier molecular flexibility index (Phi) is 4.96. The van der Waals surface area contributed by atoms with Crippen LogP contribution in [0, 0.1) is 0 Å². The van der Waals surface area contributed by atoms with Gasteiger partial charge in [0.15, 0.2) is 5.82 Å². The molecule has 126 valence electrons. The van der Waals surface area contributed by atoms with E-state index in [-0.39, 0.29) is 5.41 Å². The largest absolute Gasteiger partial charge is 0.336 e. The summed E-state index contributed by atoms with van der Waals surface area (Å²) in [6.07, 6.45) is 6.67. The first-order valence-electron chi connectivity index (χ1n) is 8.23. The molecule has 1 aliphatic carbocycles. The highest BCUT2D eigenvalue weighted by atomic mass is 32.2. The van der Waals surface area contributed by atoms with E-state index in [4.69, 9.17) is 10.8 Å². The Hall–Kier alpha value is -1.08. The lowest BCUT2D eigenvalue weighted by Gasteiger charge is -2.18. The molecule has 1 fully saturated rings. The van der Waals surface area contributed by atoms with Crippen LogP contribution in [0.15, 0.2) is 10.5 Å². The minimum absolute atomic E-state index is 0.102. The standard InChI is InChI=1S/C16H25N5S2/c1-16(2,3)14-19-20-15(21(14)17)23-10-12-9-22-13(18-12)11-7-5-4-6-8-11/h9,11H,4-8,10,17H2,1-3H3. The number of thioether (sulfide) groups is 1. The van der Waals surface area contributed by atoms with Gasteiger partial charge in [-0.2, -0.15) is 0 Å². The molecule has 1 aliphatic rings. The molecule has 7 heteroatoms. The van der Waals surface area contributed by atoms with Gasteiger partial charge in [-0.1, -0.05) is 51.8 Å². The van der Waals surface area contributed by atoms with Gasteiger partial charge < -0.3 is 5.84 Å². The Morgan fingerprint density at radius 2 is 2.00 bits per heavy atom. The van der Waals surface area contributed by atoms with E-state index in [1.54, 1.807) is 27.8 Å². The molecule has 0 unspecified atom stereocenters. The number of nitrogen functional groups attached to an aromatic ring is 1. The summed E-state index contributed by atoms with van der Waals surface area (Å²) in [5.74, 6) is 8.41. The zero-order valence-corrected chi connectivity index (χ0v) is 15.7. The van der Waals surface area contributed by atoms with E-state index in [9.17, 15) is 0 Å². The van der Waals surface area contributed by atoms with Gasteiger partial charge in [0.2, 0.25) is 5.16 Å². The maximum Gasteiger partial charge on any atom is 0.210 e. The first-order valence-corrected chi connectivity index (χ1v) is 10.1. The molecule has 0 atom stereocenters. The highest BCUT2D eigenvalue weighted by molar-refractivity contribution is 7.98. The Bertz CT molecular complexity index is 650. The van der Waals surface area contributed by atoms with Crippen LogP contribution in [0.4, 0.5) is 0 Å². The lowest BCUT2D eigenvalue weighted by atomic mass is 9.90. The van der Waals surface area contributed by atoms with Crippen LogP contribution in [0.2, 0.25) is 0 Å². The van der Waals surface area contributed by atoms with Crippen LogP contribution in [-0.4, -0.2) is 19.9 Å². The molecule has 2 aromatic rings. The maximum absolute atomic E-state index is 6.13. The van der Waals surface area contributed by atoms with Crippen molar-refractivity contribution in [2.45, 2.75) is 75.1 Å². The van der Waals surface area contributed by atoms with Crippen molar-refractivity contribution >= 4 is 23.1 Å². The van der Waals surface area contributed by atoms with E-state index in [0.29, 0.717) is 5.92 Å². The number of hydrogen-bond donors (Lipinski definition) is 1. The van der Waals surface area contributed by atoms with Crippen LogP contribution in [0.25, 0.3) is 0 Å². The molecular weight excluding hydrogens is 326 g/mol. The molecule has 0 amide bonds. The highest BCUT2D eigenvalue weighted by Crippen LogP contribution is 2.35. The number of rotatable bonds is 4. The quantitative estimate of drug-likeness (QED) is 0.664. The molecule has 0 aliphatic heterocycles. The number of hydrogen-bond acceptors (Lipinski definition) is 6. The second-order valence-electron chi connectivity index (χ2n) is 7.23. The van der Waals surface area contributed by atoms with Crippen LogP contribution in [-0.2, 0) is 11.2 Å². The Morgan fingerprint density at radius 1 is 1.26 bits per heavy atom. The van der Waals surface area contributed by atoms with Gasteiger partial charge in [0.25, 0.3) is 0 Å². The smallest absolute Gasteiger partial charge is 0.210 e. The van der Waals surface area contributed by atoms with Gasteiger partial charge in [0.05, 0.1) is 10.7 Å². The topological polar surface area (TPSA) is 69.6 Å². The zero-order chi connectivity index (χ0) is 16.4. The average Bonchev–Trinajstić information content (AvgIpc) is 3.12. The fraction of sp³-hybridized carbons (Fsp3) is 0.688. The number of nitrogens with zero attached hydrogens (tertiary/aromatic N) is 4. The molecule has 1 saturated carbocycles. The maximum atomic E-state index is 6.13. The lowest BCUT2D eigenvalue weighted by molar-refractivity contribution is 0.442. The summed E-state index contributed by atoms with van der Waals surface area (Å²) < 4.78 is 1.61. The third kappa shape index (κ3) is 3.88. The van der Waals surface area contributed by atoms with Gasteiger partial charge in [0.1, 0.15) is 0 Å². The molecule has 2 heterocycles. The average molecular weight is 352 g/mol. The highest BCUT2D eigenvalue weighted by Gasteiger charge is 2.23. The van der Waals surface area contributed by atoms with Crippen molar-refractivity contribution in [3.63, 3.8) is 0 Å². The zero-order valence-electron chi connectivity index (χ0n) is 14.1. The number of nitrogens with two attached hydrogens (primary N) is 1. The van der Waals surface area contributed by atoms with Crippen molar-refractivity contribution in [1.29, 1.82) is 0 Å². The molecule has 5 nitrogen and oxygen atoms in total. The van der Waals surface area contributed by atoms with Gasteiger partial charge in [-0.25, -0.2) is 9.66 Å². The van der Waals surface area contributed by atoms with Crippen molar-refractivity contribution in [3.8, 4) is 0 Å². The van der Waals surface area contributed by atoms with E-state index in [1.165, 1.54) is 37.1 Å². The molecule has 0 aromatic carbocycles. The van der Waals surface area contributed by atoms with E-state index < -0.39 is 0 Å². The van der Waals surface area contributed by atoms with Crippen molar-refractivity contribution in [3.05, 3.63) is 21.9 Å². The summed E-state index contributed by atoms with van der Waals surface area (Å²) in [6.45, 7) is 6.27. The fourth-order valence-corrected chi connectivity index (χ4v) is 4.80. The van der Waals surface area contributed by atoms with E-state index in [2.05, 4.69) is 36.3 Å². The van der Waals surface area contributed by atoms with Gasteiger partial charge in [-0.3, -0.25) is 0 Å². The molecular formula is C16H25N5S2. The molecule has 0 radical (unpaired) electrons. The van der Waals surface area contributed by atoms with Gasteiger partial charge in [-0.15, -0.1) is 21.5 Å². The molecule has 0 bridgehead atoms. The van der Waals surface area contributed by atoms with E-state index >= 15 is 0 Å². The lowest BCUT2D eigenvalue weighted by Crippen LogP contribution is -2.24. The summed E-state index contributed by atoms with van der Waals surface area (Å²) in [4.78, 5) is 4.83. The monoisotopic (exact) mass is 351 g/mol. The first-order chi connectivity index (χ1) is 10.9. The van der Waals surface area contributed by atoms with Crippen molar-refractivity contribution in [2.24, 2.45) is 0 Å². The summed E-state index contributed by atoms with van der Waals surface area (Å²) in [6, 6.07) is 0. The van der Waals surface area contributed by atoms with Gasteiger partial charge in [0, 0.05) is 22.5 Å². The molecule has 3 rings (SSSR count). The van der Waals surface area contributed by atoms with Gasteiger partial charge in [-0.05, 0) is 12.8 Å². The predicted molar refractivity (Wildman–Crippen MR) is 96.4 cm³/mol. The number of aromatic nitrogens is 4. The molecule has 2 N–H and O–H groups in total. The Labute approximate surface area is 146 Å². The SMILES string of the molecule is CC(C)(C)c1nnc(SCc2csc(C3CCCCC3)n2)n1N. The normalized spacial score (nSPS) is 16.8. The fourth-order valence-electron chi connectivity index (χ4n) is 2.95. The van der Waals surface area contributed by atoms with Crippen molar-refractivity contribution < 1.29 is 0 Å². The predicted octanol–water partition coefficient (Wildman–Crippen LogP) is 4.09. The van der Waals surface area contributed by atoms with Crippen LogP contribution >= 0.6 is 23.1 Å². The van der Waals surface area contributed by atoms with E-state index in [1.807, 2.05) is 0 Å². The first kappa shape index (κ1) is 16.8. The van der Waals surface area contributed by atoms with Crippen molar-refractivity contribution in [2.75, 3.05) is 5.84 Å². The summed E-state index contributed by atoms with van der Waals surface area (Å²) >= 11 is 3.41. The minimum Gasteiger partial charge on any atom is -0.336 e. The molecule has 0 saturated heterocycles. The molecule has 2 aromatic heterocycles. The number of thiazole rings is 1. The Balaban J connectivity index is 1.63. The third-order valence-corrected chi connectivity index (χ3v) is 6.24. The second kappa shape index (κ2) is 6.81.